The molecule has 2 aromatic carbocycles. The molecule has 0 N–H and O–H groups in total. The summed E-state index contributed by atoms with van der Waals surface area (Å²) < 4.78 is 0. The molecule has 0 aliphatic rings. The maximum atomic E-state index is 11.4. The van der Waals surface area contributed by atoms with Crippen LogP contribution in [0.1, 0.15) is 61.8 Å². The maximum Gasteiger partial charge on any atom is 2.00 e. The van der Waals surface area contributed by atoms with Gasteiger partial charge in [0.05, 0.1) is 0 Å². The minimum Gasteiger partial charge on any atom is -0.872 e. The van der Waals surface area contributed by atoms with E-state index in [0.29, 0.717) is 33.6 Å². The standard InChI is InChI=1S/2C10H13NO2.Zn/c2*1-6(2)8-5-9(11-13)7(3)4-10(8)12;/h2*4-6,12H,1-3H3;/q;;+2/p-2. The zero-order valence-electron chi connectivity index (χ0n) is 16.7. The van der Waals surface area contributed by atoms with Crippen LogP contribution in [-0.4, -0.2) is 0 Å². The van der Waals surface area contributed by atoms with Gasteiger partial charge < -0.3 is 10.2 Å². The van der Waals surface area contributed by atoms with E-state index in [0.717, 1.165) is 0 Å². The fraction of sp³-hybridized carbons (Fsp3) is 0.400. The molecule has 140 valence electrons. The van der Waals surface area contributed by atoms with E-state index in [1.807, 2.05) is 27.7 Å². The summed E-state index contributed by atoms with van der Waals surface area (Å²) in [6.07, 6.45) is 0. The smallest absolute Gasteiger partial charge is 0.872 e. The quantitative estimate of drug-likeness (QED) is 0.501. The zero-order valence-corrected chi connectivity index (χ0v) is 19.7. The molecule has 0 radical (unpaired) electrons. The van der Waals surface area contributed by atoms with Crippen LogP contribution < -0.4 is 10.2 Å². The Hall–Kier alpha value is -2.14. The van der Waals surface area contributed by atoms with Gasteiger partial charge in [0.1, 0.15) is 11.4 Å². The van der Waals surface area contributed by atoms with Crippen LogP contribution >= 0.6 is 0 Å². The third-order valence-corrected chi connectivity index (χ3v) is 4.10. The van der Waals surface area contributed by atoms with Crippen molar-refractivity contribution in [2.75, 3.05) is 0 Å². The predicted octanol–water partition coefficient (Wildman–Crippen LogP) is 5.18. The monoisotopic (exact) mass is 420 g/mol. The van der Waals surface area contributed by atoms with Crippen molar-refractivity contribution in [2.45, 2.75) is 53.4 Å². The first kappa shape index (κ1) is 24.9. The molecule has 6 nitrogen and oxygen atoms in total. The first-order chi connectivity index (χ1) is 12.1. The van der Waals surface area contributed by atoms with Crippen molar-refractivity contribution in [3.05, 3.63) is 56.3 Å². The summed E-state index contributed by atoms with van der Waals surface area (Å²) in [6.45, 7) is 11.1. The topological polar surface area (TPSA) is 105 Å². The van der Waals surface area contributed by atoms with Gasteiger partial charge >= 0.3 is 19.5 Å². The summed E-state index contributed by atoms with van der Waals surface area (Å²) in [5.74, 6) is 0.238. The zero-order chi connectivity index (χ0) is 20.0. The van der Waals surface area contributed by atoms with E-state index in [1.165, 1.54) is 12.1 Å². The summed E-state index contributed by atoms with van der Waals surface area (Å²) in [6, 6.07) is 6.09. The fourth-order valence-corrected chi connectivity index (χ4v) is 2.47. The molecule has 7 heteroatoms. The van der Waals surface area contributed by atoms with Gasteiger partial charge in [0, 0.05) is 0 Å². The van der Waals surface area contributed by atoms with E-state index in [2.05, 4.69) is 10.4 Å². The molecule has 0 amide bonds. The average Bonchev–Trinajstić information content (AvgIpc) is 2.55. The summed E-state index contributed by atoms with van der Waals surface area (Å²) >= 11 is 0. The molecule has 0 aliphatic carbocycles. The van der Waals surface area contributed by atoms with Gasteiger partial charge in [0.15, 0.2) is 0 Å². The van der Waals surface area contributed by atoms with E-state index in [-0.39, 0.29) is 42.8 Å². The molecule has 0 spiro atoms. The fourth-order valence-electron chi connectivity index (χ4n) is 2.47. The van der Waals surface area contributed by atoms with E-state index in [1.54, 1.807) is 26.0 Å². The Labute approximate surface area is 172 Å². The van der Waals surface area contributed by atoms with Crippen molar-refractivity contribution in [3.63, 3.8) is 0 Å². The molecule has 0 aliphatic heterocycles. The summed E-state index contributed by atoms with van der Waals surface area (Å²) in [4.78, 5) is 20.7. The number of benzene rings is 2. The molecule has 0 heterocycles. The Kier molecular flexibility index (Phi) is 10.0. The van der Waals surface area contributed by atoms with Crippen LogP contribution in [0.15, 0.2) is 34.6 Å². The van der Waals surface area contributed by atoms with Gasteiger partial charge in [-0.25, -0.2) is 0 Å². The molecule has 0 atom stereocenters. The van der Waals surface area contributed by atoms with Gasteiger partial charge in [0.2, 0.25) is 0 Å². The third-order valence-electron chi connectivity index (χ3n) is 4.10. The van der Waals surface area contributed by atoms with Gasteiger partial charge in [-0.05, 0) is 59.3 Å². The van der Waals surface area contributed by atoms with Gasteiger partial charge in [-0.1, -0.05) is 51.0 Å². The van der Waals surface area contributed by atoms with E-state index in [4.69, 9.17) is 0 Å². The number of hydrogen-bond donors (Lipinski definition) is 0. The van der Waals surface area contributed by atoms with Crippen LogP contribution in [0, 0.1) is 23.7 Å². The van der Waals surface area contributed by atoms with Gasteiger partial charge in [-0.3, -0.25) is 0 Å². The van der Waals surface area contributed by atoms with Crippen LogP contribution in [-0.2, 0) is 19.5 Å². The number of nitroso groups, excluding NO2 is 2. The van der Waals surface area contributed by atoms with Crippen molar-refractivity contribution in [1.29, 1.82) is 0 Å². The van der Waals surface area contributed by atoms with Crippen LogP contribution in [0.25, 0.3) is 0 Å². The largest absolute Gasteiger partial charge is 2.00 e. The molecule has 0 saturated heterocycles. The first-order valence-corrected chi connectivity index (χ1v) is 8.42. The molecule has 0 saturated carbocycles. The number of aryl methyl sites for hydroxylation is 2. The minimum atomic E-state index is -0.0140. The molecule has 0 unspecified atom stereocenters. The Bertz CT molecular complexity index is 738. The van der Waals surface area contributed by atoms with Crippen LogP contribution in [0.2, 0.25) is 0 Å². The molecule has 27 heavy (non-hydrogen) atoms. The first-order valence-electron chi connectivity index (χ1n) is 8.42. The van der Waals surface area contributed by atoms with Crippen molar-refractivity contribution >= 4 is 11.4 Å². The Morgan fingerprint density at radius 3 is 1.22 bits per heavy atom. The van der Waals surface area contributed by atoms with Crippen LogP contribution in [0.3, 0.4) is 0 Å². The second-order valence-electron chi connectivity index (χ2n) is 6.85. The second kappa shape index (κ2) is 10.9. The summed E-state index contributed by atoms with van der Waals surface area (Å²) in [5, 5.41) is 28.5. The number of nitrogens with zero attached hydrogens (tertiary/aromatic N) is 2. The molecule has 0 bridgehead atoms. The normalized spacial score (nSPS) is 10.1. The van der Waals surface area contributed by atoms with Crippen LogP contribution in [0.4, 0.5) is 11.4 Å². The van der Waals surface area contributed by atoms with Crippen molar-refractivity contribution < 1.29 is 29.7 Å². The van der Waals surface area contributed by atoms with Gasteiger partial charge in [-0.15, -0.1) is 21.3 Å². The number of rotatable bonds is 4. The third kappa shape index (κ3) is 6.51. The Morgan fingerprint density at radius 2 is 1.00 bits per heavy atom. The molecular formula is C20H24N2O4Zn. The van der Waals surface area contributed by atoms with E-state index in [9.17, 15) is 20.0 Å². The SMILES string of the molecule is Cc1cc([O-])c(C(C)C)cc1N=O.Cc1cc([O-])c(C(C)C)cc1N=O.[Zn+2]. The van der Waals surface area contributed by atoms with Crippen LogP contribution in [0.5, 0.6) is 11.5 Å². The maximum absolute atomic E-state index is 11.4. The van der Waals surface area contributed by atoms with Crippen molar-refractivity contribution in [2.24, 2.45) is 10.4 Å². The van der Waals surface area contributed by atoms with Crippen molar-refractivity contribution in [1.82, 2.24) is 0 Å². The van der Waals surface area contributed by atoms with E-state index < -0.39 is 0 Å². The Morgan fingerprint density at radius 1 is 0.704 bits per heavy atom. The number of hydrogen-bond acceptors (Lipinski definition) is 6. The van der Waals surface area contributed by atoms with Gasteiger partial charge in [0.25, 0.3) is 0 Å². The average molecular weight is 422 g/mol. The predicted molar refractivity (Wildman–Crippen MR) is 100 cm³/mol. The molecule has 2 rings (SSSR count). The minimum absolute atomic E-state index is 0. The molecular weight excluding hydrogens is 398 g/mol. The summed E-state index contributed by atoms with van der Waals surface area (Å²) in [7, 11) is 0. The molecule has 0 aromatic heterocycles. The Balaban J connectivity index is 0.000000483. The summed E-state index contributed by atoms with van der Waals surface area (Å²) in [5.41, 5.74) is 3.32. The second-order valence-corrected chi connectivity index (χ2v) is 6.85. The molecule has 2 aromatic rings. The van der Waals surface area contributed by atoms with E-state index >= 15 is 0 Å². The van der Waals surface area contributed by atoms with Gasteiger partial charge in [-0.2, -0.15) is 0 Å². The molecule has 0 fully saturated rings. The van der Waals surface area contributed by atoms with Crippen molar-refractivity contribution in [3.8, 4) is 11.5 Å².